The van der Waals surface area contributed by atoms with Gasteiger partial charge in [-0.1, -0.05) is 37.6 Å². The van der Waals surface area contributed by atoms with E-state index >= 15 is 0 Å². The Kier molecular flexibility index (Phi) is 7.38. The molecule has 1 aromatic carbocycles. The maximum atomic E-state index is 13.4. The monoisotopic (exact) mass is 523 g/mol. The van der Waals surface area contributed by atoms with Gasteiger partial charge in [0, 0.05) is 16.8 Å². The molecule has 9 nitrogen and oxygen atoms in total. The number of H-pyrrole nitrogens is 1. The Morgan fingerprint density at radius 3 is 2.40 bits per heavy atom. The summed E-state index contributed by atoms with van der Waals surface area (Å²) in [6.45, 7) is 10.8. The summed E-state index contributed by atoms with van der Waals surface area (Å²) >= 11 is 6.44. The van der Waals surface area contributed by atoms with Gasteiger partial charge in [-0.25, -0.2) is 22.6 Å². The zero-order valence-electron chi connectivity index (χ0n) is 20.9. The quantitative estimate of drug-likeness (QED) is 0.434. The minimum absolute atomic E-state index is 0.0291. The normalized spacial score (nSPS) is 12.4. The highest BCUT2D eigenvalue weighted by molar-refractivity contribution is 7.89. The maximum Gasteiger partial charge on any atom is 0.419 e. The average Bonchev–Trinajstić information content (AvgIpc) is 3.25. The highest BCUT2D eigenvalue weighted by atomic mass is 35.5. The summed E-state index contributed by atoms with van der Waals surface area (Å²) in [5.41, 5.74) is 1.83. The molecule has 3 rings (SSSR count). The lowest BCUT2D eigenvalue weighted by Gasteiger charge is -2.21. The first kappa shape index (κ1) is 26.7. The van der Waals surface area contributed by atoms with Crippen LogP contribution in [0.5, 0.6) is 0 Å². The maximum absolute atomic E-state index is 13.4. The van der Waals surface area contributed by atoms with Crippen molar-refractivity contribution in [3.05, 3.63) is 40.2 Å². The summed E-state index contributed by atoms with van der Waals surface area (Å²) in [4.78, 5) is 26.6. The van der Waals surface area contributed by atoms with Gasteiger partial charge in [-0.2, -0.15) is 5.10 Å². The van der Waals surface area contributed by atoms with Gasteiger partial charge >= 0.3 is 12.1 Å². The van der Waals surface area contributed by atoms with E-state index in [0.29, 0.717) is 33.4 Å². The molecule has 0 amide bonds. The van der Waals surface area contributed by atoms with Crippen molar-refractivity contribution in [2.24, 2.45) is 0 Å². The van der Waals surface area contributed by atoms with Crippen LogP contribution in [0, 0.1) is 0 Å². The molecule has 190 valence electrons. The summed E-state index contributed by atoms with van der Waals surface area (Å²) in [6, 6.07) is 4.80. The Bertz CT molecular complexity index is 1400. The van der Waals surface area contributed by atoms with Crippen LogP contribution in [0.1, 0.15) is 69.2 Å². The molecule has 0 unspecified atom stereocenters. The Morgan fingerprint density at radius 1 is 1.23 bits per heavy atom. The Balaban J connectivity index is 2.38. The molecule has 0 aliphatic carbocycles. The van der Waals surface area contributed by atoms with E-state index in [1.54, 1.807) is 45.9 Å². The molecule has 0 aliphatic heterocycles. The molecule has 1 N–H and O–H groups in total. The number of aromatic nitrogens is 3. The van der Waals surface area contributed by atoms with Crippen LogP contribution in [0.4, 0.5) is 4.79 Å². The van der Waals surface area contributed by atoms with Crippen LogP contribution in [0.25, 0.3) is 22.2 Å². The summed E-state index contributed by atoms with van der Waals surface area (Å²) in [6.07, 6.45) is 0.374. The third-order valence-corrected chi connectivity index (χ3v) is 6.24. The summed E-state index contributed by atoms with van der Waals surface area (Å²) in [7, 11) is -3.31. The van der Waals surface area contributed by atoms with Crippen molar-refractivity contribution in [2.75, 3.05) is 12.9 Å². The first-order chi connectivity index (χ1) is 16.1. The standard InChI is InChI=1S/C24H30ClN3O6S/c1-8-33-22(29)20-17(14-9-10-15(16(25)11-14)12-35(7,31)32)19-21(18(13(2)3)26-27-19)28(20)23(30)34-24(4,5)6/h9-11,13H,8,12H2,1-7H3,(H,26,27). The second kappa shape index (κ2) is 9.66. The average molecular weight is 524 g/mol. The van der Waals surface area contributed by atoms with Crippen molar-refractivity contribution >= 4 is 44.5 Å². The molecule has 11 heteroatoms. The molecule has 35 heavy (non-hydrogen) atoms. The molecule has 0 atom stereocenters. The number of aromatic amines is 1. The Labute approximate surface area is 209 Å². The third kappa shape index (κ3) is 5.70. The number of carbonyl (C=O) groups is 2. The molecule has 2 aromatic heterocycles. The second-order valence-corrected chi connectivity index (χ2v) is 12.2. The van der Waals surface area contributed by atoms with Gasteiger partial charge in [-0.3, -0.25) is 5.10 Å². The highest BCUT2D eigenvalue weighted by Crippen LogP contribution is 2.39. The number of hydrogen-bond acceptors (Lipinski definition) is 7. The van der Waals surface area contributed by atoms with Gasteiger partial charge in [-0.05, 0) is 50.8 Å². The first-order valence-electron chi connectivity index (χ1n) is 11.1. The van der Waals surface area contributed by atoms with Gasteiger partial charge in [0.25, 0.3) is 0 Å². The lowest BCUT2D eigenvalue weighted by molar-refractivity contribution is 0.0454. The van der Waals surface area contributed by atoms with Gasteiger partial charge < -0.3 is 9.47 Å². The minimum Gasteiger partial charge on any atom is -0.461 e. The SMILES string of the molecule is CCOC(=O)c1c(-c2ccc(CS(C)(=O)=O)c(Cl)c2)c2[nH]nc(C(C)C)c2n1C(=O)OC(C)(C)C. The predicted octanol–water partition coefficient (Wildman–Crippen LogP) is 5.31. The molecule has 2 heterocycles. The van der Waals surface area contributed by atoms with Crippen LogP contribution >= 0.6 is 11.6 Å². The van der Waals surface area contributed by atoms with Crippen LogP contribution < -0.4 is 0 Å². The number of carbonyl (C=O) groups excluding carboxylic acids is 2. The van der Waals surface area contributed by atoms with E-state index in [4.69, 9.17) is 21.1 Å². The van der Waals surface area contributed by atoms with E-state index in [0.717, 1.165) is 6.26 Å². The number of fused-ring (bicyclic) bond motifs is 1. The van der Waals surface area contributed by atoms with Gasteiger partial charge in [0.15, 0.2) is 9.84 Å². The minimum atomic E-state index is -3.31. The third-order valence-electron chi connectivity index (χ3n) is 5.05. The van der Waals surface area contributed by atoms with Crippen LogP contribution in [-0.2, 0) is 25.1 Å². The van der Waals surface area contributed by atoms with Crippen LogP contribution in [0.2, 0.25) is 5.02 Å². The van der Waals surface area contributed by atoms with E-state index in [2.05, 4.69) is 10.2 Å². The fourth-order valence-electron chi connectivity index (χ4n) is 3.76. The summed E-state index contributed by atoms with van der Waals surface area (Å²) < 4.78 is 35.7. The molecule has 0 radical (unpaired) electrons. The second-order valence-electron chi connectivity index (χ2n) is 9.62. The molecule has 0 bridgehead atoms. The number of esters is 1. The van der Waals surface area contributed by atoms with Crippen molar-refractivity contribution in [3.8, 4) is 11.1 Å². The lowest BCUT2D eigenvalue weighted by atomic mass is 10.0. The van der Waals surface area contributed by atoms with E-state index in [-0.39, 0.29) is 29.0 Å². The first-order valence-corrected chi connectivity index (χ1v) is 13.6. The number of benzene rings is 1. The Hall–Kier alpha value is -2.85. The molecule has 0 saturated heterocycles. The molecular weight excluding hydrogens is 494 g/mol. The van der Waals surface area contributed by atoms with Crippen LogP contribution in [0.3, 0.4) is 0 Å². The number of sulfone groups is 1. The van der Waals surface area contributed by atoms with Crippen molar-refractivity contribution in [1.82, 2.24) is 14.8 Å². The van der Waals surface area contributed by atoms with Crippen molar-refractivity contribution in [1.29, 1.82) is 0 Å². The van der Waals surface area contributed by atoms with Gasteiger partial charge in [0.05, 0.1) is 23.6 Å². The smallest absolute Gasteiger partial charge is 0.419 e. The fourth-order valence-corrected chi connectivity index (χ4v) is 4.90. The van der Waals surface area contributed by atoms with Crippen LogP contribution in [0.15, 0.2) is 18.2 Å². The molecule has 0 saturated carbocycles. The summed E-state index contributed by atoms with van der Waals surface area (Å²) in [5.74, 6) is -1.03. The predicted molar refractivity (Wildman–Crippen MR) is 135 cm³/mol. The number of hydrogen-bond donors (Lipinski definition) is 1. The number of nitrogens with zero attached hydrogens (tertiary/aromatic N) is 2. The molecule has 0 fully saturated rings. The van der Waals surface area contributed by atoms with Crippen LogP contribution in [-0.4, -0.2) is 53.7 Å². The number of nitrogens with one attached hydrogen (secondary N) is 1. The number of halogens is 1. The van der Waals surface area contributed by atoms with Gasteiger partial charge in [0.2, 0.25) is 0 Å². The molecule has 0 aliphatic rings. The van der Waals surface area contributed by atoms with Gasteiger partial charge in [-0.15, -0.1) is 0 Å². The molecular formula is C24H30ClN3O6S. The van der Waals surface area contributed by atoms with E-state index in [9.17, 15) is 18.0 Å². The molecule has 0 spiro atoms. The van der Waals surface area contributed by atoms with Crippen molar-refractivity contribution < 1.29 is 27.5 Å². The Morgan fingerprint density at radius 2 is 1.89 bits per heavy atom. The molecule has 3 aromatic rings. The van der Waals surface area contributed by atoms with E-state index in [1.807, 2.05) is 13.8 Å². The number of ether oxygens (including phenoxy) is 2. The lowest BCUT2D eigenvalue weighted by Crippen LogP contribution is -2.29. The van der Waals surface area contributed by atoms with Gasteiger partial charge in [0.1, 0.15) is 16.8 Å². The number of rotatable bonds is 6. The zero-order chi connectivity index (χ0) is 26.3. The topological polar surface area (TPSA) is 120 Å². The largest absolute Gasteiger partial charge is 0.461 e. The van der Waals surface area contributed by atoms with Crippen molar-refractivity contribution in [2.45, 2.75) is 58.8 Å². The van der Waals surface area contributed by atoms with E-state index in [1.165, 1.54) is 4.57 Å². The summed E-state index contributed by atoms with van der Waals surface area (Å²) in [5, 5.41) is 7.57. The fraction of sp³-hybridized carbons (Fsp3) is 0.458. The highest BCUT2D eigenvalue weighted by Gasteiger charge is 2.34. The van der Waals surface area contributed by atoms with Crippen molar-refractivity contribution in [3.63, 3.8) is 0 Å². The van der Waals surface area contributed by atoms with E-state index < -0.39 is 27.5 Å². The zero-order valence-corrected chi connectivity index (χ0v) is 22.4.